The predicted molar refractivity (Wildman–Crippen MR) is 75.5 cm³/mol. The quantitative estimate of drug-likeness (QED) is 0.771. The molecule has 6 heteroatoms. The van der Waals surface area contributed by atoms with Crippen LogP contribution >= 0.6 is 0 Å². The van der Waals surface area contributed by atoms with Crippen molar-refractivity contribution in [3.8, 4) is 5.75 Å². The third kappa shape index (κ3) is 5.81. The van der Waals surface area contributed by atoms with E-state index >= 15 is 0 Å². The van der Waals surface area contributed by atoms with Gasteiger partial charge in [-0.1, -0.05) is 26.3 Å². The van der Waals surface area contributed by atoms with E-state index in [-0.39, 0.29) is 18.9 Å². The van der Waals surface area contributed by atoms with Gasteiger partial charge in [0.1, 0.15) is 17.6 Å². The first-order valence-corrected chi connectivity index (χ1v) is 6.84. The zero-order chi connectivity index (χ0) is 15.8. The average Bonchev–Trinajstić information content (AvgIpc) is 2.43. The molecular formula is C15H20FNO4. The third-order valence-corrected chi connectivity index (χ3v) is 3.19. The maximum atomic E-state index is 12.9. The highest BCUT2D eigenvalue weighted by molar-refractivity contribution is 5.83. The van der Waals surface area contributed by atoms with E-state index in [4.69, 9.17) is 9.84 Å². The molecule has 1 amide bonds. The fraction of sp³-hybridized carbons (Fsp3) is 0.467. The molecule has 0 saturated heterocycles. The van der Waals surface area contributed by atoms with E-state index in [1.165, 1.54) is 18.2 Å². The lowest BCUT2D eigenvalue weighted by atomic mass is 9.99. The minimum Gasteiger partial charge on any atom is -0.493 e. The number of nitrogens with one attached hydrogen (secondary N) is 1. The predicted octanol–water partition coefficient (Wildman–Crippen LogP) is 2.21. The summed E-state index contributed by atoms with van der Waals surface area (Å²) in [5, 5.41) is 11.5. The fourth-order valence-electron chi connectivity index (χ4n) is 1.75. The van der Waals surface area contributed by atoms with Crippen molar-refractivity contribution < 1.29 is 23.8 Å². The lowest BCUT2D eigenvalue weighted by Gasteiger charge is -2.20. The summed E-state index contributed by atoms with van der Waals surface area (Å²) in [6.07, 6.45) is 0.660. The van der Waals surface area contributed by atoms with Crippen LogP contribution in [0.25, 0.3) is 0 Å². The molecule has 2 unspecified atom stereocenters. The Balaban J connectivity index is 2.41. The van der Waals surface area contributed by atoms with Gasteiger partial charge in [0.2, 0.25) is 5.91 Å². The van der Waals surface area contributed by atoms with Gasteiger partial charge in [-0.05, 0) is 18.1 Å². The minimum atomic E-state index is -1.05. The highest BCUT2D eigenvalue weighted by atomic mass is 19.1. The number of ether oxygens (including phenoxy) is 1. The number of carbonyl (C=O) groups excluding carboxylic acids is 1. The van der Waals surface area contributed by atoms with Crippen molar-refractivity contribution in [2.45, 2.75) is 32.7 Å². The molecule has 2 atom stereocenters. The van der Waals surface area contributed by atoms with Crippen LogP contribution in [0.2, 0.25) is 0 Å². The maximum absolute atomic E-state index is 12.9. The zero-order valence-corrected chi connectivity index (χ0v) is 12.1. The SMILES string of the molecule is CCC(C)C(NC(=O)CCOc1cccc(F)c1)C(=O)O. The molecule has 0 aliphatic heterocycles. The van der Waals surface area contributed by atoms with Gasteiger partial charge in [0.15, 0.2) is 0 Å². The van der Waals surface area contributed by atoms with Gasteiger partial charge in [-0.15, -0.1) is 0 Å². The van der Waals surface area contributed by atoms with E-state index < -0.39 is 23.7 Å². The van der Waals surface area contributed by atoms with Gasteiger partial charge >= 0.3 is 5.97 Å². The Kier molecular flexibility index (Phi) is 6.65. The number of carboxylic acid groups (broad SMARTS) is 1. The number of benzene rings is 1. The number of rotatable bonds is 8. The molecule has 5 nitrogen and oxygen atoms in total. The summed E-state index contributed by atoms with van der Waals surface area (Å²) in [4.78, 5) is 22.8. The summed E-state index contributed by atoms with van der Waals surface area (Å²) < 4.78 is 18.2. The van der Waals surface area contributed by atoms with Crippen molar-refractivity contribution >= 4 is 11.9 Å². The largest absolute Gasteiger partial charge is 0.493 e. The first kappa shape index (κ1) is 16.9. The van der Waals surface area contributed by atoms with Gasteiger partial charge in [0.05, 0.1) is 13.0 Å². The molecule has 2 N–H and O–H groups in total. The number of aliphatic carboxylic acids is 1. The lowest BCUT2D eigenvalue weighted by Crippen LogP contribution is -2.45. The van der Waals surface area contributed by atoms with Gasteiger partial charge in [-0.2, -0.15) is 0 Å². The Hall–Kier alpha value is -2.11. The molecular weight excluding hydrogens is 277 g/mol. The summed E-state index contributed by atoms with van der Waals surface area (Å²) in [5.41, 5.74) is 0. The Morgan fingerprint density at radius 1 is 1.43 bits per heavy atom. The van der Waals surface area contributed by atoms with Gasteiger partial charge in [0, 0.05) is 6.07 Å². The molecule has 116 valence electrons. The summed E-state index contributed by atoms with van der Waals surface area (Å²) in [6, 6.07) is 4.70. The van der Waals surface area contributed by atoms with E-state index in [1.54, 1.807) is 13.0 Å². The number of carboxylic acids is 1. The fourth-order valence-corrected chi connectivity index (χ4v) is 1.75. The highest BCUT2D eigenvalue weighted by Crippen LogP contribution is 2.12. The number of carbonyl (C=O) groups is 2. The van der Waals surface area contributed by atoms with Gasteiger partial charge in [0.25, 0.3) is 0 Å². The molecule has 0 saturated carbocycles. The van der Waals surface area contributed by atoms with E-state index in [0.717, 1.165) is 0 Å². The van der Waals surface area contributed by atoms with Crippen LogP contribution in [0.1, 0.15) is 26.7 Å². The van der Waals surface area contributed by atoms with Crippen LogP contribution in [0.5, 0.6) is 5.75 Å². The van der Waals surface area contributed by atoms with Crippen LogP contribution in [0.15, 0.2) is 24.3 Å². The van der Waals surface area contributed by atoms with Gasteiger partial charge < -0.3 is 15.2 Å². The second kappa shape index (κ2) is 8.24. The normalized spacial score (nSPS) is 13.3. The first-order valence-electron chi connectivity index (χ1n) is 6.84. The number of hydrogen-bond donors (Lipinski definition) is 2. The molecule has 0 spiro atoms. The third-order valence-electron chi connectivity index (χ3n) is 3.19. The van der Waals surface area contributed by atoms with Crippen molar-refractivity contribution in [2.24, 2.45) is 5.92 Å². The highest BCUT2D eigenvalue weighted by Gasteiger charge is 2.24. The molecule has 1 rings (SSSR count). The van der Waals surface area contributed by atoms with Crippen LogP contribution in [-0.4, -0.2) is 29.6 Å². The topological polar surface area (TPSA) is 75.6 Å². The molecule has 0 radical (unpaired) electrons. The summed E-state index contributed by atoms with van der Waals surface area (Å²) in [6.45, 7) is 3.68. The second-order valence-corrected chi connectivity index (χ2v) is 4.82. The smallest absolute Gasteiger partial charge is 0.326 e. The van der Waals surface area contributed by atoms with Crippen LogP contribution in [0, 0.1) is 11.7 Å². The number of amides is 1. The monoisotopic (exact) mass is 297 g/mol. The number of halogens is 1. The Bertz CT molecular complexity index is 492. The van der Waals surface area contributed by atoms with E-state index in [9.17, 15) is 14.0 Å². The second-order valence-electron chi connectivity index (χ2n) is 4.82. The molecule has 0 fully saturated rings. The molecule has 0 bridgehead atoms. The van der Waals surface area contributed by atoms with Crippen LogP contribution < -0.4 is 10.1 Å². The van der Waals surface area contributed by atoms with Crippen molar-refractivity contribution in [2.75, 3.05) is 6.61 Å². The molecule has 1 aromatic rings. The van der Waals surface area contributed by atoms with E-state index in [2.05, 4.69) is 5.32 Å². The summed E-state index contributed by atoms with van der Waals surface area (Å²) in [7, 11) is 0. The first-order chi connectivity index (χ1) is 9.93. The standard InChI is InChI=1S/C15H20FNO4/c1-3-10(2)14(15(19)20)17-13(18)7-8-21-12-6-4-5-11(16)9-12/h4-6,9-10,14H,3,7-8H2,1-2H3,(H,17,18)(H,19,20). The number of hydrogen-bond acceptors (Lipinski definition) is 3. The lowest BCUT2D eigenvalue weighted by molar-refractivity contribution is -0.143. The Morgan fingerprint density at radius 2 is 2.14 bits per heavy atom. The van der Waals surface area contributed by atoms with Crippen molar-refractivity contribution in [3.63, 3.8) is 0 Å². The molecule has 0 aliphatic carbocycles. The molecule has 0 heterocycles. The van der Waals surface area contributed by atoms with Crippen molar-refractivity contribution in [1.29, 1.82) is 0 Å². The van der Waals surface area contributed by atoms with Gasteiger partial charge in [-0.3, -0.25) is 4.79 Å². The molecule has 21 heavy (non-hydrogen) atoms. The molecule has 0 aliphatic rings. The van der Waals surface area contributed by atoms with Crippen LogP contribution in [-0.2, 0) is 9.59 Å². The minimum absolute atomic E-state index is 0.0106. The molecule has 0 aromatic heterocycles. The van der Waals surface area contributed by atoms with Crippen molar-refractivity contribution in [1.82, 2.24) is 5.32 Å². The summed E-state index contributed by atoms with van der Waals surface area (Å²) >= 11 is 0. The zero-order valence-electron chi connectivity index (χ0n) is 12.1. The van der Waals surface area contributed by atoms with E-state index in [0.29, 0.717) is 12.2 Å². The average molecular weight is 297 g/mol. The Labute approximate surface area is 123 Å². The Morgan fingerprint density at radius 3 is 2.71 bits per heavy atom. The van der Waals surface area contributed by atoms with Gasteiger partial charge in [-0.25, -0.2) is 9.18 Å². The molecule has 1 aromatic carbocycles. The van der Waals surface area contributed by atoms with Crippen LogP contribution in [0.4, 0.5) is 4.39 Å². The maximum Gasteiger partial charge on any atom is 0.326 e. The van der Waals surface area contributed by atoms with Crippen molar-refractivity contribution in [3.05, 3.63) is 30.1 Å². The van der Waals surface area contributed by atoms with E-state index in [1.807, 2.05) is 6.92 Å². The van der Waals surface area contributed by atoms with Crippen LogP contribution in [0.3, 0.4) is 0 Å². The summed E-state index contributed by atoms with van der Waals surface area (Å²) in [5.74, 6) is -1.70.